The predicted molar refractivity (Wildman–Crippen MR) is 53.5 cm³/mol. The molecule has 3 atom stereocenters. The second-order valence-electron chi connectivity index (χ2n) is 4.89. The van der Waals surface area contributed by atoms with Crippen molar-refractivity contribution < 1.29 is 4.79 Å². The first kappa shape index (κ1) is 9.23. The number of rotatable bonds is 2. The van der Waals surface area contributed by atoms with Crippen molar-refractivity contribution in [3.63, 3.8) is 0 Å². The van der Waals surface area contributed by atoms with Gasteiger partial charge in [-0.05, 0) is 37.0 Å². The Hall–Kier alpha value is -0.330. The van der Waals surface area contributed by atoms with E-state index in [9.17, 15) is 4.79 Å². The molecule has 2 aliphatic rings. The molecular formula is C12H20O. The quantitative estimate of drug-likeness (QED) is 0.596. The fourth-order valence-electron chi connectivity index (χ4n) is 3.32. The van der Waals surface area contributed by atoms with Crippen LogP contribution in [0.2, 0.25) is 0 Å². The van der Waals surface area contributed by atoms with Crippen LogP contribution in [0.5, 0.6) is 0 Å². The van der Waals surface area contributed by atoms with E-state index in [0.29, 0.717) is 0 Å². The Morgan fingerprint density at radius 2 is 1.77 bits per heavy atom. The molecule has 0 aromatic heterocycles. The number of fused-ring (bicyclic) bond motifs is 1. The second-order valence-corrected chi connectivity index (χ2v) is 4.89. The van der Waals surface area contributed by atoms with E-state index in [0.717, 1.165) is 30.5 Å². The number of carbonyl (C=O) groups excluding carboxylic acids is 1. The summed E-state index contributed by atoms with van der Waals surface area (Å²) in [5.74, 6) is 2.74. The molecule has 1 nitrogen and oxygen atoms in total. The van der Waals surface area contributed by atoms with E-state index in [1.807, 2.05) is 0 Å². The van der Waals surface area contributed by atoms with Gasteiger partial charge in [-0.2, -0.15) is 0 Å². The van der Waals surface area contributed by atoms with Crippen LogP contribution in [0.25, 0.3) is 0 Å². The lowest BCUT2D eigenvalue weighted by atomic mass is 9.67. The van der Waals surface area contributed by atoms with E-state index < -0.39 is 0 Å². The summed E-state index contributed by atoms with van der Waals surface area (Å²) in [5.41, 5.74) is 0. The SMILES string of the molecule is O=CCC1CC[C@H]2CCCC[C@H]2C1. The van der Waals surface area contributed by atoms with Crippen LogP contribution < -0.4 is 0 Å². The minimum absolute atomic E-state index is 0.733. The van der Waals surface area contributed by atoms with Gasteiger partial charge in [-0.15, -0.1) is 0 Å². The van der Waals surface area contributed by atoms with Gasteiger partial charge in [0.1, 0.15) is 6.29 Å². The molecule has 0 bridgehead atoms. The van der Waals surface area contributed by atoms with Gasteiger partial charge >= 0.3 is 0 Å². The van der Waals surface area contributed by atoms with Gasteiger partial charge in [-0.25, -0.2) is 0 Å². The molecule has 0 heterocycles. The Balaban J connectivity index is 1.87. The van der Waals surface area contributed by atoms with Crippen molar-refractivity contribution in [1.82, 2.24) is 0 Å². The van der Waals surface area contributed by atoms with Crippen LogP contribution in [0.1, 0.15) is 51.4 Å². The first-order chi connectivity index (χ1) is 6.40. The van der Waals surface area contributed by atoms with Gasteiger partial charge in [0.2, 0.25) is 0 Å². The smallest absolute Gasteiger partial charge is 0.120 e. The molecule has 0 spiro atoms. The molecule has 0 radical (unpaired) electrons. The summed E-state index contributed by atoms with van der Waals surface area (Å²) in [5, 5.41) is 0. The standard InChI is InChI=1S/C12H20O/c13-8-7-10-5-6-11-3-1-2-4-12(11)9-10/h8,10-12H,1-7,9H2/t10?,11-,12+/m1/s1. The highest BCUT2D eigenvalue weighted by molar-refractivity contribution is 5.49. The summed E-state index contributed by atoms with van der Waals surface area (Å²) in [6.07, 6.45) is 11.8. The van der Waals surface area contributed by atoms with Gasteiger partial charge in [-0.1, -0.05) is 25.7 Å². The molecule has 2 saturated carbocycles. The van der Waals surface area contributed by atoms with Crippen LogP contribution in [-0.4, -0.2) is 6.29 Å². The number of carbonyl (C=O) groups is 1. The zero-order valence-electron chi connectivity index (χ0n) is 8.37. The van der Waals surface area contributed by atoms with E-state index >= 15 is 0 Å². The molecule has 74 valence electrons. The van der Waals surface area contributed by atoms with E-state index in [4.69, 9.17) is 0 Å². The van der Waals surface area contributed by atoms with E-state index in [1.165, 1.54) is 44.9 Å². The maximum Gasteiger partial charge on any atom is 0.120 e. The Labute approximate surface area is 80.9 Å². The summed E-state index contributed by atoms with van der Waals surface area (Å²) in [6, 6.07) is 0. The number of aldehydes is 1. The highest BCUT2D eigenvalue weighted by atomic mass is 16.1. The van der Waals surface area contributed by atoms with Gasteiger partial charge in [0.05, 0.1) is 0 Å². The third-order valence-corrected chi connectivity index (χ3v) is 4.08. The van der Waals surface area contributed by atoms with Crippen molar-refractivity contribution in [3.05, 3.63) is 0 Å². The summed E-state index contributed by atoms with van der Waals surface area (Å²) < 4.78 is 0. The van der Waals surface area contributed by atoms with E-state index in [1.54, 1.807) is 0 Å². The van der Waals surface area contributed by atoms with Crippen molar-refractivity contribution >= 4 is 6.29 Å². The van der Waals surface area contributed by atoms with Crippen molar-refractivity contribution in [2.75, 3.05) is 0 Å². The number of hydrogen-bond acceptors (Lipinski definition) is 1. The zero-order valence-corrected chi connectivity index (χ0v) is 8.37. The highest BCUT2D eigenvalue weighted by Gasteiger charge is 2.31. The highest BCUT2D eigenvalue weighted by Crippen LogP contribution is 2.43. The molecule has 2 rings (SSSR count). The Morgan fingerprint density at radius 1 is 1.00 bits per heavy atom. The van der Waals surface area contributed by atoms with E-state index in [2.05, 4.69) is 0 Å². The summed E-state index contributed by atoms with van der Waals surface area (Å²) in [7, 11) is 0. The molecule has 0 aromatic carbocycles. The molecular weight excluding hydrogens is 160 g/mol. The molecule has 1 unspecified atom stereocenters. The molecule has 0 aliphatic heterocycles. The Bertz CT molecular complexity index is 176. The van der Waals surface area contributed by atoms with Crippen LogP contribution in [0.4, 0.5) is 0 Å². The predicted octanol–water partition coefficient (Wildman–Crippen LogP) is 3.18. The average molecular weight is 180 g/mol. The van der Waals surface area contributed by atoms with Crippen LogP contribution in [-0.2, 0) is 4.79 Å². The molecule has 2 fully saturated rings. The molecule has 0 amide bonds. The molecule has 13 heavy (non-hydrogen) atoms. The fraction of sp³-hybridized carbons (Fsp3) is 0.917. The summed E-state index contributed by atoms with van der Waals surface area (Å²) in [6.45, 7) is 0. The second kappa shape index (κ2) is 4.26. The van der Waals surface area contributed by atoms with Gasteiger partial charge < -0.3 is 4.79 Å². The van der Waals surface area contributed by atoms with Crippen LogP contribution >= 0.6 is 0 Å². The van der Waals surface area contributed by atoms with Gasteiger partial charge in [0.25, 0.3) is 0 Å². The fourth-order valence-corrected chi connectivity index (χ4v) is 3.32. The van der Waals surface area contributed by atoms with Crippen LogP contribution in [0.15, 0.2) is 0 Å². The normalized spacial score (nSPS) is 39.5. The first-order valence-electron chi connectivity index (χ1n) is 5.84. The average Bonchev–Trinajstić information content (AvgIpc) is 2.18. The lowest BCUT2D eigenvalue weighted by molar-refractivity contribution is -0.109. The molecule has 0 N–H and O–H groups in total. The maximum atomic E-state index is 10.4. The van der Waals surface area contributed by atoms with Crippen LogP contribution in [0.3, 0.4) is 0 Å². The van der Waals surface area contributed by atoms with Crippen molar-refractivity contribution in [2.24, 2.45) is 17.8 Å². The first-order valence-corrected chi connectivity index (χ1v) is 5.84. The summed E-state index contributed by atoms with van der Waals surface area (Å²) >= 11 is 0. The van der Waals surface area contributed by atoms with Crippen molar-refractivity contribution in [1.29, 1.82) is 0 Å². The molecule has 2 aliphatic carbocycles. The van der Waals surface area contributed by atoms with Gasteiger partial charge in [0.15, 0.2) is 0 Å². The lowest BCUT2D eigenvalue weighted by Crippen LogP contribution is -2.27. The molecule has 0 saturated heterocycles. The minimum Gasteiger partial charge on any atom is -0.303 e. The third kappa shape index (κ3) is 2.12. The van der Waals surface area contributed by atoms with Gasteiger partial charge in [-0.3, -0.25) is 0 Å². The topological polar surface area (TPSA) is 17.1 Å². The van der Waals surface area contributed by atoms with Crippen molar-refractivity contribution in [3.8, 4) is 0 Å². The van der Waals surface area contributed by atoms with Crippen molar-refractivity contribution in [2.45, 2.75) is 51.4 Å². The molecule has 1 heteroatoms. The number of hydrogen-bond donors (Lipinski definition) is 0. The minimum atomic E-state index is 0.733. The van der Waals surface area contributed by atoms with Crippen LogP contribution in [0, 0.1) is 17.8 Å². The van der Waals surface area contributed by atoms with Gasteiger partial charge in [0, 0.05) is 6.42 Å². The summed E-state index contributed by atoms with van der Waals surface area (Å²) in [4.78, 5) is 10.4. The Morgan fingerprint density at radius 3 is 2.54 bits per heavy atom. The lowest BCUT2D eigenvalue weighted by Gasteiger charge is -2.38. The monoisotopic (exact) mass is 180 g/mol. The zero-order chi connectivity index (χ0) is 9.10. The molecule has 0 aromatic rings. The maximum absolute atomic E-state index is 10.4. The largest absolute Gasteiger partial charge is 0.303 e. The Kier molecular flexibility index (Phi) is 3.02. The van der Waals surface area contributed by atoms with E-state index in [-0.39, 0.29) is 0 Å². The third-order valence-electron chi connectivity index (χ3n) is 4.08.